The number of halogens is 3. The van der Waals surface area contributed by atoms with E-state index in [0.717, 1.165) is 25.1 Å². The van der Waals surface area contributed by atoms with Crippen molar-refractivity contribution in [2.75, 3.05) is 12.4 Å². The molecule has 0 radical (unpaired) electrons. The molecule has 88 valence electrons. The Bertz CT molecular complexity index is 370. The Hall–Kier alpha value is -0.310. The van der Waals surface area contributed by atoms with Crippen molar-refractivity contribution in [1.82, 2.24) is 4.90 Å². The number of hydrogen-bond donors (Lipinski definition) is 0. The molecule has 1 fully saturated rings. The third kappa shape index (κ3) is 2.68. The molecule has 0 N–H and O–H groups in total. The van der Waals surface area contributed by atoms with Gasteiger partial charge in [0.25, 0.3) is 0 Å². The molecule has 0 spiro atoms. The topological polar surface area (TPSA) is 3.24 Å². The van der Waals surface area contributed by atoms with E-state index in [4.69, 9.17) is 23.2 Å². The molecule has 0 aromatic heterocycles. The quantitative estimate of drug-likeness (QED) is 0.751. The number of benzene rings is 1. The van der Waals surface area contributed by atoms with Crippen LogP contribution < -0.4 is 0 Å². The summed E-state index contributed by atoms with van der Waals surface area (Å²) in [5.41, 5.74) is 0.972. The van der Waals surface area contributed by atoms with Crippen LogP contribution in [0.5, 0.6) is 0 Å². The van der Waals surface area contributed by atoms with Gasteiger partial charge in [0.05, 0.1) is 0 Å². The molecule has 1 atom stereocenters. The van der Waals surface area contributed by atoms with Gasteiger partial charge in [-0.05, 0) is 37.1 Å². The first-order valence-electron chi connectivity index (χ1n) is 5.44. The molecule has 1 aliphatic rings. The summed E-state index contributed by atoms with van der Waals surface area (Å²) in [6, 6.07) is 5.00. The van der Waals surface area contributed by atoms with Crippen molar-refractivity contribution in [3.8, 4) is 0 Å². The molecular formula is C12H14Cl2FN. The third-order valence-electron chi connectivity index (χ3n) is 3.07. The fraction of sp³-hybridized carbons (Fsp3) is 0.500. The van der Waals surface area contributed by atoms with E-state index < -0.39 is 0 Å². The van der Waals surface area contributed by atoms with Crippen molar-refractivity contribution < 1.29 is 4.39 Å². The summed E-state index contributed by atoms with van der Waals surface area (Å²) >= 11 is 11.9. The first-order valence-corrected chi connectivity index (χ1v) is 6.36. The van der Waals surface area contributed by atoms with Gasteiger partial charge in [0, 0.05) is 23.5 Å². The Balaban J connectivity index is 2.08. The van der Waals surface area contributed by atoms with Crippen molar-refractivity contribution in [2.45, 2.75) is 25.4 Å². The van der Waals surface area contributed by atoms with Crippen LogP contribution in [-0.2, 0) is 6.54 Å². The van der Waals surface area contributed by atoms with Gasteiger partial charge in [-0.15, -0.1) is 11.6 Å². The van der Waals surface area contributed by atoms with Crippen LogP contribution in [0, 0.1) is 5.82 Å². The first-order chi connectivity index (χ1) is 7.70. The van der Waals surface area contributed by atoms with E-state index in [1.165, 1.54) is 18.6 Å². The van der Waals surface area contributed by atoms with Crippen molar-refractivity contribution >= 4 is 23.2 Å². The van der Waals surface area contributed by atoms with Gasteiger partial charge in [0.15, 0.2) is 0 Å². The number of rotatable bonds is 3. The normalized spacial score (nSPS) is 21.6. The van der Waals surface area contributed by atoms with E-state index in [1.54, 1.807) is 6.07 Å². The molecule has 0 bridgehead atoms. The molecule has 0 saturated carbocycles. The van der Waals surface area contributed by atoms with Crippen LogP contribution in [0.3, 0.4) is 0 Å². The highest BCUT2D eigenvalue weighted by Gasteiger charge is 2.23. The lowest BCUT2D eigenvalue weighted by Gasteiger charge is -2.22. The van der Waals surface area contributed by atoms with E-state index in [9.17, 15) is 4.39 Å². The Labute approximate surface area is 105 Å². The highest BCUT2D eigenvalue weighted by molar-refractivity contribution is 6.31. The van der Waals surface area contributed by atoms with Crippen LogP contribution in [0.15, 0.2) is 18.2 Å². The third-order valence-corrected chi connectivity index (χ3v) is 3.77. The summed E-state index contributed by atoms with van der Waals surface area (Å²) in [7, 11) is 0. The smallest absolute Gasteiger partial charge is 0.124 e. The van der Waals surface area contributed by atoms with Crippen molar-refractivity contribution in [1.29, 1.82) is 0 Å². The summed E-state index contributed by atoms with van der Waals surface area (Å²) < 4.78 is 12.9. The second kappa shape index (κ2) is 5.35. The van der Waals surface area contributed by atoms with E-state index in [-0.39, 0.29) is 5.82 Å². The fourth-order valence-corrected chi connectivity index (χ4v) is 2.72. The monoisotopic (exact) mass is 261 g/mol. The summed E-state index contributed by atoms with van der Waals surface area (Å²) in [4.78, 5) is 2.31. The predicted molar refractivity (Wildman–Crippen MR) is 65.6 cm³/mol. The Morgan fingerprint density at radius 2 is 2.25 bits per heavy atom. The zero-order chi connectivity index (χ0) is 11.5. The molecule has 1 unspecified atom stereocenters. The summed E-state index contributed by atoms with van der Waals surface area (Å²) in [5, 5.41) is 0.500. The van der Waals surface area contributed by atoms with Crippen LogP contribution in [0.4, 0.5) is 4.39 Å². The van der Waals surface area contributed by atoms with Crippen LogP contribution >= 0.6 is 23.2 Å². The van der Waals surface area contributed by atoms with Crippen LogP contribution in [0.25, 0.3) is 0 Å². The molecular weight excluding hydrogens is 248 g/mol. The van der Waals surface area contributed by atoms with E-state index >= 15 is 0 Å². The largest absolute Gasteiger partial charge is 0.295 e. The maximum Gasteiger partial charge on any atom is 0.124 e. The Kier molecular flexibility index (Phi) is 4.06. The summed E-state index contributed by atoms with van der Waals surface area (Å²) in [6.07, 6.45) is 2.32. The van der Waals surface area contributed by atoms with Gasteiger partial charge in [0.1, 0.15) is 5.82 Å². The molecule has 16 heavy (non-hydrogen) atoms. The summed E-state index contributed by atoms with van der Waals surface area (Å²) in [5.74, 6) is 0.364. The van der Waals surface area contributed by atoms with Crippen molar-refractivity contribution in [3.05, 3.63) is 34.6 Å². The first kappa shape index (κ1) is 12.2. The zero-order valence-corrected chi connectivity index (χ0v) is 10.4. The minimum atomic E-state index is -0.288. The second-order valence-corrected chi connectivity index (χ2v) is 4.87. The lowest BCUT2D eigenvalue weighted by Crippen LogP contribution is -2.30. The maximum atomic E-state index is 12.9. The SMILES string of the molecule is Fc1ccc(CN2CCCC2CCl)c(Cl)c1. The zero-order valence-electron chi connectivity index (χ0n) is 8.93. The summed E-state index contributed by atoms with van der Waals surface area (Å²) in [6.45, 7) is 1.81. The number of likely N-dealkylation sites (tertiary alicyclic amines) is 1. The molecule has 1 aromatic rings. The van der Waals surface area contributed by atoms with Gasteiger partial charge in [-0.1, -0.05) is 17.7 Å². The Morgan fingerprint density at radius 3 is 2.94 bits per heavy atom. The maximum absolute atomic E-state index is 12.9. The average molecular weight is 262 g/mol. The van der Waals surface area contributed by atoms with Gasteiger partial charge in [-0.2, -0.15) is 0 Å². The van der Waals surface area contributed by atoms with E-state index in [2.05, 4.69) is 4.90 Å². The van der Waals surface area contributed by atoms with Gasteiger partial charge >= 0.3 is 0 Å². The van der Waals surface area contributed by atoms with Crippen LogP contribution in [-0.4, -0.2) is 23.4 Å². The van der Waals surface area contributed by atoms with E-state index in [1.807, 2.05) is 0 Å². The fourth-order valence-electron chi connectivity index (χ4n) is 2.15. The molecule has 0 aliphatic carbocycles. The highest BCUT2D eigenvalue weighted by atomic mass is 35.5. The molecule has 0 amide bonds. The number of nitrogens with zero attached hydrogens (tertiary/aromatic N) is 1. The molecule has 4 heteroatoms. The van der Waals surface area contributed by atoms with Crippen LogP contribution in [0.2, 0.25) is 5.02 Å². The minimum absolute atomic E-state index is 0.288. The second-order valence-electron chi connectivity index (χ2n) is 4.16. The van der Waals surface area contributed by atoms with Crippen molar-refractivity contribution in [2.24, 2.45) is 0 Å². The lowest BCUT2D eigenvalue weighted by atomic mass is 10.2. The van der Waals surface area contributed by atoms with Gasteiger partial charge in [0.2, 0.25) is 0 Å². The average Bonchev–Trinajstić information content (AvgIpc) is 2.69. The standard InChI is InChI=1S/C12H14Cl2FN/c13-7-11-2-1-5-16(11)8-9-3-4-10(15)6-12(9)14/h3-4,6,11H,1-2,5,7-8H2. The Morgan fingerprint density at radius 1 is 1.44 bits per heavy atom. The predicted octanol–water partition coefficient (Wildman–Crippen LogP) is 3.68. The molecule has 1 saturated heterocycles. The minimum Gasteiger partial charge on any atom is -0.295 e. The van der Waals surface area contributed by atoms with Gasteiger partial charge in [-0.3, -0.25) is 4.90 Å². The highest BCUT2D eigenvalue weighted by Crippen LogP contribution is 2.24. The number of hydrogen-bond acceptors (Lipinski definition) is 1. The molecule has 1 aromatic carbocycles. The van der Waals surface area contributed by atoms with Gasteiger partial charge in [-0.25, -0.2) is 4.39 Å². The van der Waals surface area contributed by atoms with E-state index in [0.29, 0.717) is 16.9 Å². The van der Waals surface area contributed by atoms with Gasteiger partial charge < -0.3 is 0 Å². The molecule has 1 nitrogen and oxygen atoms in total. The molecule has 2 rings (SSSR count). The molecule has 1 aliphatic heterocycles. The van der Waals surface area contributed by atoms with Crippen LogP contribution in [0.1, 0.15) is 18.4 Å². The number of alkyl halides is 1. The molecule has 1 heterocycles. The lowest BCUT2D eigenvalue weighted by molar-refractivity contribution is 0.263. The van der Waals surface area contributed by atoms with Crippen molar-refractivity contribution in [3.63, 3.8) is 0 Å².